The van der Waals surface area contributed by atoms with Crippen LogP contribution in [0.2, 0.25) is 0 Å². The first-order valence-electron chi connectivity index (χ1n) is 8.55. The van der Waals surface area contributed by atoms with Crippen LogP contribution in [0.25, 0.3) is 0 Å². The summed E-state index contributed by atoms with van der Waals surface area (Å²) in [4.78, 5) is 30.1. The van der Waals surface area contributed by atoms with E-state index in [1.165, 1.54) is 23.1 Å². The Morgan fingerprint density at radius 1 is 1.32 bits per heavy atom. The first kappa shape index (κ1) is 21.4. The molecule has 2 aromatic rings. The molecule has 0 fully saturated rings. The molecule has 0 saturated carbocycles. The van der Waals surface area contributed by atoms with Crippen LogP contribution in [0.3, 0.4) is 0 Å². The molecule has 1 aromatic carbocycles. The molecule has 0 radical (unpaired) electrons. The van der Waals surface area contributed by atoms with E-state index < -0.39 is 5.97 Å². The van der Waals surface area contributed by atoms with Gasteiger partial charge in [0.15, 0.2) is 0 Å². The van der Waals surface area contributed by atoms with Gasteiger partial charge in [0.05, 0.1) is 29.2 Å². The second-order valence-electron chi connectivity index (χ2n) is 5.97. The molecule has 1 amide bonds. The molecule has 8 heteroatoms. The fourth-order valence-electron chi connectivity index (χ4n) is 2.38. The number of halogens is 1. The predicted molar refractivity (Wildman–Crippen MR) is 103 cm³/mol. The Morgan fingerprint density at radius 3 is 2.61 bits per heavy atom. The van der Waals surface area contributed by atoms with E-state index in [1.54, 1.807) is 33.0 Å². The van der Waals surface area contributed by atoms with E-state index in [0.29, 0.717) is 17.3 Å². The first-order valence-corrected chi connectivity index (χ1v) is 9.54. The van der Waals surface area contributed by atoms with Crippen molar-refractivity contribution in [2.24, 2.45) is 0 Å². The number of aromatic nitrogens is 1. The van der Waals surface area contributed by atoms with Crippen LogP contribution < -0.4 is 0 Å². The maximum absolute atomic E-state index is 13.0. The molecule has 0 aliphatic carbocycles. The Labute approximate surface area is 167 Å². The second kappa shape index (κ2) is 9.85. The molecular weight excluding hydrogens is 381 g/mol. The Bertz CT molecular complexity index is 910. The number of aryl methyl sites for hydroxylation is 1. The minimum Gasteiger partial charge on any atom is -0.462 e. The number of ether oxygens (including phenoxy) is 1. The highest BCUT2D eigenvalue weighted by Gasteiger charge is 2.18. The number of hydrogen-bond donors (Lipinski definition) is 0. The number of hydrogen-bond acceptors (Lipinski definition) is 6. The Morgan fingerprint density at radius 2 is 2.00 bits per heavy atom. The standard InChI is InChI=1S/C20H20FN3O3S/c1-4-27-20(26)17-9-15(10-22)19(23-13(17)2)28-12-18(25)24(3)11-14-5-7-16(21)8-6-14/h5-9H,4,11-12H2,1-3H3. The average Bonchev–Trinajstić information content (AvgIpc) is 2.67. The van der Waals surface area contributed by atoms with Crippen LogP contribution in [-0.2, 0) is 16.1 Å². The summed E-state index contributed by atoms with van der Waals surface area (Å²) in [5, 5.41) is 9.74. The molecule has 0 atom stereocenters. The molecule has 0 N–H and O–H groups in total. The highest BCUT2D eigenvalue weighted by atomic mass is 32.2. The van der Waals surface area contributed by atoms with Gasteiger partial charge >= 0.3 is 5.97 Å². The third-order valence-corrected chi connectivity index (χ3v) is 4.86. The number of amides is 1. The normalized spacial score (nSPS) is 10.2. The minimum absolute atomic E-state index is 0.0809. The number of thioether (sulfide) groups is 1. The van der Waals surface area contributed by atoms with Crippen molar-refractivity contribution in [3.05, 3.63) is 58.5 Å². The summed E-state index contributed by atoms with van der Waals surface area (Å²) in [6.45, 7) is 3.93. The van der Waals surface area contributed by atoms with Crippen LogP contribution in [0.1, 0.15) is 34.1 Å². The van der Waals surface area contributed by atoms with Gasteiger partial charge in [-0.1, -0.05) is 23.9 Å². The number of pyridine rings is 1. The Hall–Kier alpha value is -2.92. The largest absolute Gasteiger partial charge is 0.462 e. The van der Waals surface area contributed by atoms with Gasteiger partial charge in [-0.2, -0.15) is 5.26 Å². The predicted octanol–water partition coefficient (Wildman–Crippen LogP) is 3.33. The Balaban J connectivity index is 2.05. The quantitative estimate of drug-likeness (QED) is 0.523. The number of rotatable bonds is 7. The summed E-state index contributed by atoms with van der Waals surface area (Å²) >= 11 is 1.13. The molecule has 28 heavy (non-hydrogen) atoms. The summed E-state index contributed by atoms with van der Waals surface area (Å²) < 4.78 is 17.9. The van der Waals surface area contributed by atoms with Crippen molar-refractivity contribution >= 4 is 23.6 Å². The molecule has 0 bridgehead atoms. The molecule has 0 unspecified atom stereocenters. The smallest absolute Gasteiger partial charge is 0.340 e. The number of esters is 1. The van der Waals surface area contributed by atoms with Gasteiger partial charge in [-0.3, -0.25) is 4.79 Å². The van der Waals surface area contributed by atoms with Gasteiger partial charge in [-0.15, -0.1) is 0 Å². The maximum atomic E-state index is 13.0. The number of benzene rings is 1. The molecule has 6 nitrogen and oxygen atoms in total. The third-order valence-electron chi connectivity index (χ3n) is 3.89. The van der Waals surface area contributed by atoms with Crippen molar-refractivity contribution in [1.82, 2.24) is 9.88 Å². The average molecular weight is 401 g/mol. The highest BCUT2D eigenvalue weighted by Crippen LogP contribution is 2.23. The second-order valence-corrected chi connectivity index (χ2v) is 6.94. The van der Waals surface area contributed by atoms with Crippen LogP contribution in [0.15, 0.2) is 35.4 Å². The summed E-state index contributed by atoms with van der Waals surface area (Å²) in [7, 11) is 1.65. The summed E-state index contributed by atoms with van der Waals surface area (Å²) in [6.07, 6.45) is 0. The van der Waals surface area contributed by atoms with Gasteiger partial charge in [0.25, 0.3) is 0 Å². The fourth-order valence-corrected chi connectivity index (χ4v) is 3.32. The van der Waals surface area contributed by atoms with Crippen LogP contribution in [0.4, 0.5) is 4.39 Å². The van der Waals surface area contributed by atoms with E-state index in [0.717, 1.165) is 17.3 Å². The number of nitrogens with zero attached hydrogens (tertiary/aromatic N) is 3. The molecule has 2 rings (SSSR count). The molecular formula is C20H20FN3O3S. The first-order chi connectivity index (χ1) is 13.3. The zero-order chi connectivity index (χ0) is 20.7. The van der Waals surface area contributed by atoms with Crippen molar-refractivity contribution in [3.63, 3.8) is 0 Å². The fraction of sp³-hybridized carbons (Fsp3) is 0.300. The van der Waals surface area contributed by atoms with E-state index in [4.69, 9.17) is 4.74 Å². The molecule has 0 aliphatic rings. The maximum Gasteiger partial charge on any atom is 0.340 e. The van der Waals surface area contributed by atoms with Crippen molar-refractivity contribution in [1.29, 1.82) is 5.26 Å². The summed E-state index contributed by atoms with van der Waals surface area (Å²) in [5.41, 5.74) is 1.70. The van der Waals surface area contributed by atoms with Crippen LogP contribution >= 0.6 is 11.8 Å². The monoisotopic (exact) mass is 401 g/mol. The topological polar surface area (TPSA) is 83.3 Å². The zero-order valence-corrected chi connectivity index (χ0v) is 16.7. The molecule has 0 spiro atoms. The highest BCUT2D eigenvalue weighted by molar-refractivity contribution is 7.99. The van der Waals surface area contributed by atoms with Gasteiger partial charge < -0.3 is 9.64 Å². The lowest BCUT2D eigenvalue weighted by atomic mass is 10.1. The molecule has 0 saturated heterocycles. The van der Waals surface area contributed by atoms with Crippen LogP contribution in [0.5, 0.6) is 0 Å². The number of carbonyl (C=O) groups excluding carboxylic acids is 2. The lowest BCUT2D eigenvalue weighted by molar-refractivity contribution is -0.127. The van der Waals surface area contributed by atoms with E-state index in [-0.39, 0.29) is 35.2 Å². The van der Waals surface area contributed by atoms with Gasteiger partial charge in [-0.05, 0) is 37.6 Å². The van der Waals surface area contributed by atoms with E-state index in [1.807, 2.05) is 6.07 Å². The van der Waals surface area contributed by atoms with E-state index >= 15 is 0 Å². The number of nitriles is 1. The van der Waals surface area contributed by atoms with Crippen molar-refractivity contribution in [3.8, 4) is 6.07 Å². The lowest BCUT2D eigenvalue weighted by Gasteiger charge is -2.17. The van der Waals surface area contributed by atoms with Gasteiger partial charge in [-0.25, -0.2) is 14.2 Å². The van der Waals surface area contributed by atoms with Gasteiger partial charge in [0, 0.05) is 13.6 Å². The SMILES string of the molecule is CCOC(=O)c1cc(C#N)c(SCC(=O)N(C)Cc2ccc(F)cc2)nc1C. The van der Waals surface area contributed by atoms with Crippen molar-refractivity contribution < 1.29 is 18.7 Å². The Kier molecular flexibility index (Phi) is 7.52. The van der Waals surface area contributed by atoms with Crippen LogP contribution in [-0.4, -0.2) is 41.2 Å². The number of carbonyl (C=O) groups is 2. The van der Waals surface area contributed by atoms with Crippen molar-refractivity contribution in [2.45, 2.75) is 25.4 Å². The van der Waals surface area contributed by atoms with Gasteiger partial charge in [0.1, 0.15) is 16.9 Å². The molecule has 0 aliphatic heterocycles. The van der Waals surface area contributed by atoms with Crippen LogP contribution in [0, 0.1) is 24.1 Å². The van der Waals surface area contributed by atoms with Crippen molar-refractivity contribution in [2.75, 3.05) is 19.4 Å². The molecule has 1 heterocycles. The van der Waals surface area contributed by atoms with E-state index in [2.05, 4.69) is 4.98 Å². The molecule has 1 aromatic heterocycles. The minimum atomic E-state index is -0.532. The zero-order valence-electron chi connectivity index (χ0n) is 15.9. The lowest BCUT2D eigenvalue weighted by Crippen LogP contribution is -2.27. The molecule has 146 valence electrons. The summed E-state index contributed by atoms with van der Waals surface area (Å²) in [5.74, 6) is -0.940. The van der Waals surface area contributed by atoms with Gasteiger partial charge in [0.2, 0.25) is 5.91 Å². The summed E-state index contributed by atoms with van der Waals surface area (Å²) in [6, 6.07) is 9.39. The third kappa shape index (κ3) is 5.54. The van der Waals surface area contributed by atoms with E-state index in [9.17, 15) is 19.2 Å².